The van der Waals surface area contributed by atoms with Crippen LogP contribution in [-0.2, 0) is 0 Å². The normalized spacial score (nSPS) is 11.8. The maximum absolute atomic E-state index is 8.66. The van der Waals surface area contributed by atoms with E-state index in [9.17, 15) is 0 Å². The van der Waals surface area contributed by atoms with Crippen molar-refractivity contribution in [3.8, 4) is 0 Å². The molecule has 2 heterocycles. The summed E-state index contributed by atoms with van der Waals surface area (Å²) in [5.41, 5.74) is 7.75. The van der Waals surface area contributed by atoms with Crippen LogP contribution in [0.15, 0.2) is 48.1 Å². The molecule has 8 nitrogen and oxygen atoms in total. The maximum atomic E-state index is 8.66. The monoisotopic (exact) mass is 283 g/mol. The second kappa shape index (κ2) is 5.08. The zero-order valence-corrected chi connectivity index (χ0v) is 11.2. The third-order valence-corrected chi connectivity index (χ3v) is 3.17. The number of aromatic nitrogens is 4. The van der Waals surface area contributed by atoms with Crippen LogP contribution in [0.4, 0.5) is 11.5 Å². The Bertz CT molecular complexity index is 794. The fourth-order valence-corrected chi connectivity index (χ4v) is 2.02. The fourth-order valence-electron chi connectivity index (χ4n) is 2.02. The highest BCUT2D eigenvalue weighted by molar-refractivity contribution is 5.97. The predicted octanol–water partition coefficient (Wildman–Crippen LogP) is 0.987. The Balaban J connectivity index is 1.98. The van der Waals surface area contributed by atoms with Crippen molar-refractivity contribution in [3.63, 3.8) is 0 Å². The topological polar surface area (TPSA) is 105 Å². The second-order valence-corrected chi connectivity index (χ2v) is 4.40. The fraction of sp³-hybridized carbons (Fsp3) is 0.0769. The first-order chi connectivity index (χ1) is 10.2. The molecule has 0 aliphatic carbocycles. The molecule has 0 saturated heterocycles. The minimum Gasteiger partial charge on any atom is -0.409 e. The molecule has 0 aliphatic rings. The first-order valence-electron chi connectivity index (χ1n) is 6.17. The van der Waals surface area contributed by atoms with Gasteiger partial charge in [0.25, 0.3) is 0 Å². The van der Waals surface area contributed by atoms with Crippen LogP contribution in [0.3, 0.4) is 0 Å². The predicted molar refractivity (Wildman–Crippen MR) is 77.8 cm³/mol. The molecular formula is C13H13N7O. The Morgan fingerprint density at radius 3 is 2.81 bits per heavy atom. The van der Waals surface area contributed by atoms with Gasteiger partial charge in [-0.25, -0.2) is 4.98 Å². The highest BCUT2D eigenvalue weighted by Gasteiger charge is 2.12. The number of fused-ring (bicyclic) bond motifs is 1. The number of nitrogens with zero attached hydrogens (tertiary/aromatic N) is 6. The van der Waals surface area contributed by atoms with Crippen LogP contribution >= 0.6 is 0 Å². The Kier molecular flexibility index (Phi) is 3.11. The summed E-state index contributed by atoms with van der Waals surface area (Å²) in [6, 6.07) is 7.25. The van der Waals surface area contributed by atoms with Gasteiger partial charge in [-0.05, 0) is 24.3 Å². The van der Waals surface area contributed by atoms with Gasteiger partial charge in [0.05, 0.1) is 0 Å². The summed E-state index contributed by atoms with van der Waals surface area (Å²) in [6.45, 7) is 0. The smallest absolute Gasteiger partial charge is 0.204 e. The number of benzene rings is 1. The number of hydrogen-bond acceptors (Lipinski definition) is 6. The van der Waals surface area contributed by atoms with Crippen LogP contribution in [0, 0.1) is 0 Å². The van der Waals surface area contributed by atoms with E-state index in [0.29, 0.717) is 17.0 Å². The minimum atomic E-state index is 0.0712. The molecule has 3 aromatic rings. The molecule has 2 aromatic heterocycles. The summed E-state index contributed by atoms with van der Waals surface area (Å²) in [4.78, 5) is 6.23. The molecule has 0 aliphatic heterocycles. The lowest BCUT2D eigenvalue weighted by molar-refractivity contribution is 0.318. The SMILES string of the molecule is CN(c1ccc(C(N)=NO)cc1)c1nccn2cnnc12. The van der Waals surface area contributed by atoms with Crippen molar-refractivity contribution in [2.45, 2.75) is 0 Å². The van der Waals surface area contributed by atoms with Crippen LogP contribution in [0.5, 0.6) is 0 Å². The van der Waals surface area contributed by atoms with Gasteiger partial charge in [-0.3, -0.25) is 4.40 Å². The summed E-state index contributed by atoms with van der Waals surface area (Å²) in [7, 11) is 1.88. The zero-order chi connectivity index (χ0) is 14.8. The van der Waals surface area contributed by atoms with Crippen LogP contribution in [0.1, 0.15) is 5.56 Å². The summed E-state index contributed by atoms with van der Waals surface area (Å²) in [6.07, 6.45) is 5.09. The highest BCUT2D eigenvalue weighted by Crippen LogP contribution is 2.24. The van der Waals surface area contributed by atoms with Crippen molar-refractivity contribution < 1.29 is 5.21 Å². The summed E-state index contributed by atoms with van der Waals surface area (Å²) in [5, 5.41) is 19.6. The number of amidine groups is 1. The van der Waals surface area contributed by atoms with Crippen molar-refractivity contribution in [1.82, 2.24) is 19.6 Å². The average molecular weight is 283 g/mol. The molecule has 0 amide bonds. The lowest BCUT2D eigenvalue weighted by Crippen LogP contribution is -2.15. The van der Waals surface area contributed by atoms with Gasteiger partial charge in [0.15, 0.2) is 11.7 Å². The average Bonchev–Trinajstić information content (AvgIpc) is 3.02. The lowest BCUT2D eigenvalue weighted by atomic mass is 10.2. The van der Waals surface area contributed by atoms with E-state index in [2.05, 4.69) is 20.3 Å². The van der Waals surface area contributed by atoms with Crippen molar-refractivity contribution in [2.24, 2.45) is 10.9 Å². The molecule has 21 heavy (non-hydrogen) atoms. The second-order valence-electron chi connectivity index (χ2n) is 4.40. The summed E-state index contributed by atoms with van der Waals surface area (Å²) >= 11 is 0. The Hall–Kier alpha value is -3.16. The van der Waals surface area contributed by atoms with Crippen LogP contribution in [0.25, 0.3) is 5.65 Å². The molecule has 3 N–H and O–H groups in total. The van der Waals surface area contributed by atoms with Gasteiger partial charge < -0.3 is 15.8 Å². The molecule has 0 bridgehead atoms. The number of oxime groups is 1. The van der Waals surface area contributed by atoms with Gasteiger partial charge in [0.2, 0.25) is 5.65 Å². The molecule has 3 rings (SSSR count). The minimum absolute atomic E-state index is 0.0712. The highest BCUT2D eigenvalue weighted by atomic mass is 16.4. The number of hydrogen-bond donors (Lipinski definition) is 2. The number of rotatable bonds is 3. The van der Waals surface area contributed by atoms with E-state index in [1.165, 1.54) is 0 Å². The number of nitrogens with two attached hydrogens (primary N) is 1. The first-order valence-corrected chi connectivity index (χ1v) is 6.17. The molecule has 0 spiro atoms. The molecule has 0 saturated carbocycles. The van der Waals surface area contributed by atoms with Crippen molar-refractivity contribution in [2.75, 3.05) is 11.9 Å². The molecular weight excluding hydrogens is 270 g/mol. The third kappa shape index (κ3) is 2.22. The van der Waals surface area contributed by atoms with Crippen LogP contribution in [0.2, 0.25) is 0 Å². The molecule has 0 atom stereocenters. The standard InChI is InChI=1S/C13H13N7O/c1-19(10-4-2-9(3-5-10)11(14)18-21)12-13-17-16-8-20(13)7-6-15-12/h2-8,21H,1H3,(H2,14,18). The first kappa shape index (κ1) is 12.9. The molecule has 8 heteroatoms. The van der Waals surface area contributed by atoms with E-state index in [0.717, 1.165) is 5.69 Å². The Morgan fingerprint density at radius 2 is 2.10 bits per heavy atom. The van der Waals surface area contributed by atoms with Gasteiger partial charge in [-0.15, -0.1) is 10.2 Å². The van der Waals surface area contributed by atoms with Gasteiger partial charge in [0, 0.05) is 30.7 Å². The summed E-state index contributed by atoms with van der Waals surface area (Å²) in [5.74, 6) is 0.758. The molecule has 0 radical (unpaired) electrons. The van der Waals surface area contributed by atoms with Crippen molar-refractivity contribution in [3.05, 3.63) is 48.5 Å². The van der Waals surface area contributed by atoms with Crippen molar-refractivity contribution >= 4 is 23.0 Å². The van der Waals surface area contributed by atoms with E-state index in [4.69, 9.17) is 10.9 Å². The quantitative estimate of drug-likeness (QED) is 0.321. The van der Waals surface area contributed by atoms with Crippen molar-refractivity contribution in [1.29, 1.82) is 0 Å². The lowest BCUT2D eigenvalue weighted by Gasteiger charge is -2.18. The molecule has 106 valence electrons. The molecule has 0 fully saturated rings. The number of anilines is 2. The van der Waals surface area contributed by atoms with E-state index >= 15 is 0 Å². The van der Waals surface area contributed by atoms with Crippen LogP contribution < -0.4 is 10.6 Å². The zero-order valence-electron chi connectivity index (χ0n) is 11.2. The van der Waals surface area contributed by atoms with E-state index in [1.807, 2.05) is 24.1 Å². The summed E-state index contributed by atoms with van der Waals surface area (Å²) < 4.78 is 1.80. The Morgan fingerprint density at radius 1 is 1.33 bits per heavy atom. The van der Waals surface area contributed by atoms with Gasteiger partial charge in [0.1, 0.15) is 6.33 Å². The maximum Gasteiger partial charge on any atom is 0.204 e. The Labute approximate surface area is 120 Å². The van der Waals surface area contributed by atoms with Gasteiger partial charge in [-0.1, -0.05) is 5.16 Å². The molecule has 1 aromatic carbocycles. The molecule has 0 unspecified atom stereocenters. The van der Waals surface area contributed by atoms with E-state index < -0.39 is 0 Å². The third-order valence-electron chi connectivity index (χ3n) is 3.17. The van der Waals surface area contributed by atoms with Gasteiger partial charge in [-0.2, -0.15) is 0 Å². The largest absolute Gasteiger partial charge is 0.409 e. The van der Waals surface area contributed by atoms with Gasteiger partial charge >= 0.3 is 0 Å². The van der Waals surface area contributed by atoms with E-state index in [1.54, 1.807) is 35.3 Å². The van der Waals surface area contributed by atoms with Crippen LogP contribution in [-0.4, -0.2) is 37.7 Å². The van der Waals surface area contributed by atoms with E-state index in [-0.39, 0.29) is 5.84 Å².